The summed E-state index contributed by atoms with van der Waals surface area (Å²) in [4.78, 5) is 32.2. The van der Waals surface area contributed by atoms with Crippen molar-refractivity contribution in [1.82, 2.24) is 20.4 Å². The Labute approximate surface area is 197 Å². The second-order valence-corrected chi connectivity index (χ2v) is 9.27. The number of thioether (sulfide) groups is 1. The maximum absolute atomic E-state index is 13.3. The highest BCUT2D eigenvalue weighted by atomic mass is 32.2. The Balaban J connectivity index is 1.36. The van der Waals surface area contributed by atoms with Gasteiger partial charge in [0.25, 0.3) is 11.8 Å². The van der Waals surface area contributed by atoms with E-state index in [1.54, 1.807) is 12.3 Å². The van der Waals surface area contributed by atoms with Crippen molar-refractivity contribution in [2.75, 3.05) is 13.1 Å². The second kappa shape index (κ2) is 10.2. The van der Waals surface area contributed by atoms with Gasteiger partial charge in [0.2, 0.25) is 0 Å². The summed E-state index contributed by atoms with van der Waals surface area (Å²) in [6, 6.07) is 11.3. The first-order chi connectivity index (χ1) is 15.9. The molecule has 7 nitrogen and oxygen atoms in total. The van der Waals surface area contributed by atoms with Crippen LogP contribution < -0.4 is 5.32 Å². The molecule has 4 rings (SSSR count). The van der Waals surface area contributed by atoms with E-state index in [4.69, 9.17) is 4.52 Å². The lowest BCUT2D eigenvalue weighted by Crippen LogP contribution is -2.46. The topological polar surface area (TPSA) is 88.3 Å². The number of hydrogen-bond acceptors (Lipinski definition) is 6. The molecule has 3 aromatic rings. The maximum Gasteiger partial charge on any atom is 0.256 e. The normalized spacial score (nSPS) is 14.3. The van der Waals surface area contributed by atoms with Gasteiger partial charge in [0.1, 0.15) is 10.8 Å². The Morgan fingerprint density at radius 2 is 1.82 bits per heavy atom. The van der Waals surface area contributed by atoms with Crippen molar-refractivity contribution in [3.63, 3.8) is 0 Å². The molecule has 0 aliphatic carbocycles. The molecule has 2 amide bonds. The molecular formula is C25H28N4O3S. The van der Waals surface area contributed by atoms with Crippen LogP contribution in [0.2, 0.25) is 0 Å². The Hall–Kier alpha value is -3.13. The number of likely N-dealkylation sites (tertiary alicyclic amines) is 1. The Kier molecular flexibility index (Phi) is 7.13. The van der Waals surface area contributed by atoms with Gasteiger partial charge in [-0.3, -0.25) is 9.59 Å². The Morgan fingerprint density at radius 3 is 2.52 bits per heavy atom. The summed E-state index contributed by atoms with van der Waals surface area (Å²) in [6.07, 6.45) is 3.16. The van der Waals surface area contributed by atoms with Crippen LogP contribution in [-0.4, -0.2) is 46.0 Å². The predicted molar refractivity (Wildman–Crippen MR) is 127 cm³/mol. The van der Waals surface area contributed by atoms with Crippen molar-refractivity contribution in [2.45, 2.75) is 50.4 Å². The number of hydrogen-bond donors (Lipinski definition) is 1. The lowest BCUT2D eigenvalue weighted by Gasteiger charge is -2.32. The van der Waals surface area contributed by atoms with E-state index in [2.05, 4.69) is 15.5 Å². The number of benzene rings is 1. The number of aromatic nitrogens is 2. The van der Waals surface area contributed by atoms with Gasteiger partial charge in [-0.05, 0) is 57.4 Å². The quantitative estimate of drug-likeness (QED) is 0.547. The van der Waals surface area contributed by atoms with Crippen LogP contribution in [0, 0.1) is 20.8 Å². The van der Waals surface area contributed by atoms with Crippen molar-refractivity contribution < 1.29 is 14.1 Å². The summed E-state index contributed by atoms with van der Waals surface area (Å²) >= 11 is 1.52. The molecule has 1 fully saturated rings. The Bertz CT molecular complexity index is 1130. The summed E-state index contributed by atoms with van der Waals surface area (Å²) in [5.41, 5.74) is 4.16. The minimum absolute atomic E-state index is 0.0203. The van der Waals surface area contributed by atoms with E-state index >= 15 is 0 Å². The number of pyridine rings is 1. The molecule has 1 N–H and O–H groups in total. The molecule has 33 heavy (non-hydrogen) atoms. The van der Waals surface area contributed by atoms with E-state index in [1.165, 1.54) is 11.8 Å². The fourth-order valence-corrected chi connectivity index (χ4v) is 5.14. The fraction of sp³-hybridized carbons (Fsp3) is 0.360. The van der Waals surface area contributed by atoms with Crippen LogP contribution in [0.1, 0.15) is 56.1 Å². The third-order valence-corrected chi connectivity index (χ3v) is 7.07. The minimum Gasteiger partial charge on any atom is -0.361 e. The molecular weight excluding hydrogens is 436 g/mol. The first kappa shape index (κ1) is 23.0. The van der Waals surface area contributed by atoms with Gasteiger partial charge in [0.15, 0.2) is 0 Å². The first-order valence-electron chi connectivity index (χ1n) is 11.1. The standard InChI is InChI=1S/C25H28N4O3S/c1-16-7-4-5-8-20(16)23(30)27-19-10-13-29(14-11-19)25(31)21-9-6-12-26-24(21)33-15-22-17(2)28-32-18(22)3/h4-9,12,19H,10-11,13-15H2,1-3H3,(H,27,30). The van der Waals surface area contributed by atoms with Gasteiger partial charge in [0.05, 0.1) is 11.3 Å². The zero-order valence-electron chi connectivity index (χ0n) is 19.1. The molecule has 1 aliphatic rings. The molecule has 0 saturated carbocycles. The highest BCUT2D eigenvalue weighted by molar-refractivity contribution is 7.98. The van der Waals surface area contributed by atoms with Gasteiger partial charge >= 0.3 is 0 Å². The monoisotopic (exact) mass is 464 g/mol. The molecule has 8 heteroatoms. The van der Waals surface area contributed by atoms with Crippen LogP contribution in [-0.2, 0) is 5.75 Å². The third kappa shape index (κ3) is 5.27. The molecule has 3 heterocycles. The van der Waals surface area contributed by atoms with Crippen molar-refractivity contribution in [3.8, 4) is 0 Å². The molecule has 2 aromatic heterocycles. The second-order valence-electron chi connectivity index (χ2n) is 8.30. The van der Waals surface area contributed by atoms with Crippen molar-refractivity contribution in [2.24, 2.45) is 0 Å². The number of nitrogens with zero attached hydrogens (tertiary/aromatic N) is 3. The molecule has 0 unspecified atom stereocenters. The van der Waals surface area contributed by atoms with E-state index in [9.17, 15) is 9.59 Å². The average Bonchev–Trinajstić information content (AvgIpc) is 3.15. The van der Waals surface area contributed by atoms with Gasteiger partial charge in [-0.2, -0.15) is 0 Å². The van der Waals surface area contributed by atoms with Crippen molar-refractivity contribution in [1.29, 1.82) is 0 Å². The third-order valence-electron chi connectivity index (χ3n) is 6.04. The number of piperidine rings is 1. The summed E-state index contributed by atoms with van der Waals surface area (Å²) in [5.74, 6) is 1.36. The van der Waals surface area contributed by atoms with E-state index in [1.807, 2.05) is 56.0 Å². The fourth-order valence-electron chi connectivity index (χ4n) is 4.01. The zero-order valence-corrected chi connectivity index (χ0v) is 19.9. The molecule has 1 aromatic carbocycles. The van der Waals surface area contributed by atoms with Crippen molar-refractivity contribution >= 4 is 23.6 Å². The van der Waals surface area contributed by atoms with Crippen LogP contribution in [0.5, 0.6) is 0 Å². The van der Waals surface area contributed by atoms with Crippen LogP contribution in [0.3, 0.4) is 0 Å². The number of nitrogens with one attached hydrogen (secondary N) is 1. The maximum atomic E-state index is 13.3. The Morgan fingerprint density at radius 1 is 1.09 bits per heavy atom. The first-order valence-corrected chi connectivity index (χ1v) is 12.1. The number of carbonyl (C=O) groups is 2. The number of aryl methyl sites for hydroxylation is 3. The summed E-state index contributed by atoms with van der Waals surface area (Å²) < 4.78 is 5.24. The van der Waals surface area contributed by atoms with Crippen LogP contribution >= 0.6 is 11.8 Å². The van der Waals surface area contributed by atoms with Gasteiger partial charge in [-0.25, -0.2) is 4.98 Å². The predicted octanol–water partition coefficient (Wildman–Crippen LogP) is 4.32. The molecule has 0 radical (unpaired) electrons. The van der Waals surface area contributed by atoms with E-state index < -0.39 is 0 Å². The number of rotatable bonds is 6. The molecule has 0 bridgehead atoms. The molecule has 1 saturated heterocycles. The van der Waals surface area contributed by atoms with E-state index in [0.717, 1.165) is 35.4 Å². The lowest BCUT2D eigenvalue weighted by molar-refractivity contribution is 0.0694. The van der Waals surface area contributed by atoms with Gasteiger partial charge < -0.3 is 14.7 Å². The van der Waals surface area contributed by atoms with Gasteiger partial charge in [-0.15, -0.1) is 11.8 Å². The lowest BCUT2D eigenvalue weighted by atomic mass is 10.0. The molecule has 1 aliphatic heterocycles. The summed E-state index contributed by atoms with van der Waals surface area (Å²) in [7, 11) is 0. The minimum atomic E-state index is -0.0526. The highest BCUT2D eigenvalue weighted by Crippen LogP contribution is 2.28. The number of amides is 2. The highest BCUT2D eigenvalue weighted by Gasteiger charge is 2.27. The zero-order chi connectivity index (χ0) is 23.4. The van der Waals surface area contributed by atoms with Gasteiger partial charge in [-0.1, -0.05) is 23.4 Å². The smallest absolute Gasteiger partial charge is 0.256 e. The van der Waals surface area contributed by atoms with Crippen molar-refractivity contribution in [3.05, 3.63) is 76.3 Å². The van der Waals surface area contributed by atoms with Gasteiger partial charge in [0, 0.05) is 42.2 Å². The van der Waals surface area contributed by atoms with Crippen LogP contribution in [0.25, 0.3) is 0 Å². The van der Waals surface area contributed by atoms with Crippen LogP contribution in [0.15, 0.2) is 52.1 Å². The SMILES string of the molecule is Cc1ccccc1C(=O)NC1CCN(C(=O)c2cccnc2SCc2c(C)noc2C)CC1. The molecule has 0 spiro atoms. The van der Waals surface area contributed by atoms with E-state index in [0.29, 0.717) is 35.0 Å². The van der Waals surface area contributed by atoms with E-state index in [-0.39, 0.29) is 17.9 Å². The summed E-state index contributed by atoms with van der Waals surface area (Å²) in [5, 5.41) is 7.83. The number of carbonyl (C=O) groups excluding carboxylic acids is 2. The molecule has 0 atom stereocenters. The largest absolute Gasteiger partial charge is 0.361 e. The van der Waals surface area contributed by atoms with Crippen LogP contribution in [0.4, 0.5) is 0 Å². The summed E-state index contributed by atoms with van der Waals surface area (Å²) in [6.45, 7) is 6.94. The average molecular weight is 465 g/mol. The molecule has 172 valence electrons.